The van der Waals surface area contributed by atoms with Crippen LogP contribution >= 0.6 is 11.8 Å². The van der Waals surface area contributed by atoms with Gasteiger partial charge in [0.15, 0.2) is 9.84 Å². The Morgan fingerprint density at radius 2 is 1.92 bits per heavy atom. The van der Waals surface area contributed by atoms with Gasteiger partial charge in [0.2, 0.25) is 5.91 Å². The highest BCUT2D eigenvalue weighted by Gasteiger charge is 2.34. The summed E-state index contributed by atoms with van der Waals surface area (Å²) in [6, 6.07) is 14.1. The first kappa shape index (κ1) is 17.3. The summed E-state index contributed by atoms with van der Waals surface area (Å²) in [6.45, 7) is 1.88. The molecule has 2 aromatic carbocycles. The number of carbonyl (C=O) groups is 1. The van der Waals surface area contributed by atoms with Gasteiger partial charge >= 0.3 is 0 Å². The van der Waals surface area contributed by atoms with Crippen LogP contribution in [-0.4, -0.2) is 49.1 Å². The molecule has 1 amide bonds. The van der Waals surface area contributed by atoms with Gasteiger partial charge in [-0.05, 0) is 36.2 Å². The summed E-state index contributed by atoms with van der Waals surface area (Å²) in [5.41, 5.74) is 0. The lowest BCUT2D eigenvalue weighted by Gasteiger charge is -2.26. The van der Waals surface area contributed by atoms with E-state index in [-0.39, 0.29) is 28.7 Å². The fourth-order valence-corrected chi connectivity index (χ4v) is 5.83. The first-order valence-corrected chi connectivity index (χ1v) is 10.7. The van der Waals surface area contributed by atoms with Crippen molar-refractivity contribution in [1.29, 1.82) is 0 Å². The molecule has 24 heavy (non-hydrogen) atoms. The maximum Gasteiger partial charge on any atom is 0.235 e. The molecule has 0 unspecified atom stereocenters. The predicted molar refractivity (Wildman–Crippen MR) is 99.1 cm³/mol. The smallest absolute Gasteiger partial charge is 0.235 e. The largest absolute Gasteiger partial charge is 0.341 e. The molecule has 0 aliphatic carbocycles. The first-order valence-electron chi connectivity index (χ1n) is 7.98. The molecule has 1 aliphatic rings. The highest BCUT2D eigenvalue weighted by atomic mass is 32.2. The molecular weight excluding hydrogens is 342 g/mol. The molecule has 0 spiro atoms. The lowest BCUT2D eigenvalue weighted by atomic mass is 10.1. The molecule has 1 aliphatic heterocycles. The lowest BCUT2D eigenvalue weighted by molar-refractivity contribution is -0.130. The number of hydrogen-bond donors (Lipinski definition) is 0. The van der Waals surface area contributed by atoms with E-state index in [1.807, 2.05) is 25.1 Å². The Morgan fingerprint density at radius 3 is 2.58 bits per heavy atom. The van der Waals surface area contributed by atoms with Gasteiger partial charge in [0.05, 0.1) is 16.8 Å². The van der Waals surface area contributed by atoms with Gasteiger partial charge in [-0.15, -0.1) is 11.8 Å². The molecule has 128 valence electrons. The van der Waals surface area contributed by atoms with Gasteiger partial charge in [-0.1, -0.05) is 30.3 Å². The second-order valence-corrected chi connectivity index (χ2v) is 9.92. The van der Waals surface area contributed by atoms with Gasteiger partial charge in [-0.2, -0.15) is 0 Å². The third kappa shape index (κ3) is 3.75. The minimum atomic E-state index is -2.98. The SMILES string of the molecule is C[C@H](Sc1ccc2ccccc2c1)C(=O)N(C)[C@@H]1CCS(=O)(=O)C1. The Bertz CT molecular complexity index is 863. The minimum Gasteiger partial charge on any atom is -0.341 e. The van der Waals surface area contributed by atoms with Gasteiger partial charge in [-0.25, -0.2) is 8.42 Å². The standard InChI is InChI=1S/C18H21NO3S2/c1-13(18(20)19(2)16-9-10-24(21,22)12-16)23-17-8-7-14-5-3-4-6-15(14)11-17/h3-8,11,13,16H,9-10,12H2,1-2H3/t13-,16+/m0/s1. The van der Waals surface area contributed by atoms with E-state index in [1.165, 1.54) is 17.1 Å². The number of thioether (sulfide) groups is 1. The van der Waals surface area contributed by atoms with E-state index >= 15 is 0 Å². The summed E-state index contributed by atoms with van der Waals surface area (Å²) in [6.07, 6.45) is 0.540. The van der Waals surface area contributed by atoms with Gasteiger partial charge in [0, 0.05) is 18.0 Å². The monoisotopic (exact) mass is 363 g/mol. The van der Waals surface area contributed by atoms with Gasteiger partial charge in [-0.3, -0.25) is 4.79 Å². The number of sulfone groups is 1. The highest BCUT2D eigenvalue weighted by Crippen LogP contribution is 2.28. The molecule has 0 bridgehead atoms. The van der Waals surface area contributed by atoms with E-state index in [9.17, 15) is 13.2 Å². The van der Waals surface area contributed by atoms with Crippen molar-refractivity contribution < 1.29 is 13.2 Å². The molecule has 1 saturated heterocycles. The first-order chi connectivity index (χ1) is 11.4. The van der Waals surface area contributed by atoms with Crippen LogP contribution in [0.2, 0.25) is 0 Å². The molecule has 0 aromatic heterocycles. The van der Waals surface area contributed by atoms with Crippen LogP contribution in [-0.2, 0) is 14.6 Å². The van der Waals surface area contributed by atoms with Crippen LogP contribution in [0.25, 0.3) is 10.8 Å². The summed E-state index contributed by atoms with van der Waals surface area (Å²) in [5, 5.41) is 2.07. The van der Waals surface area contributed by atoms with E-state index in [1.54, 1.807) is 11.9 Å². The molecular formula is C18H21NO3S2. The summed E-state index contributed by atoms with van der Waals surface area (Å²) in [7, 11) is -1.27. The molecule has 0 saturated carbocycles. The summed E-state index contributed by atoms with van der Waals surface area (Å²) >= 11 is 1.51. The van der Waals surface area contributed by atoms with E-state index in [0.717, 1.165) is 10.3 Å². The second kappa shape index (κ2) is 6.76. The van der Waals surface area contributed by atoms with E-state index < -0.39 is 9.84 Å². The van der Waals surface area contributed by atoms with E-state index in [4.69, 9.17) is 0 Å². The fourth-order valence-electron chi connectivity index (χ4n) is 3.04. The van der Waals surface area contributed by atoms with Gasteiger partial charge in [0.25, 0.3) is 0 Å². The molecule has 1 fully saturated rings. The molecule has 1 heterocycles. The molecule has 3 rings (SSSR count). The highest BCUT2D eigenvalue weighted by molar-refractivity contribution is 8.00. The maximum absolute atomic E-state index is 12.6. The van der Waals surface area contributed by atoms with Crippen LogP contribution in [0.5, 0.6) is 0 Å². The Hall–Kier alpha value is -1.53. The summed E-state index contributed by atoms with van der Waals surface area (Å²) in [5.74, 6) is 0.250. The topological polar surface area (TPSA) is 54.5 Å². The Labute approximate surface area is 147 Å². The van der Waals surface area contributed by atoms with Crippen LogP contribution < -0.4 is 0 Å². The Balaban J connectivity index is 1.68. The number of nitrogens with zero attached hydrogens (tertiary/aromatic N) is 1. The Kier molecular flexibility index (Phi) is 4.88. The average molecular weight is 364 g/mol. The van der Waals surface area contributed by atoms with Gasteiger partial charge < -0.3 is 4.90 Å². The fraction of sp³-hybridized carbons (Fsp3) is 0.389. The third-order valence-corrected chi connectivity index (χ3v) is 7.32. The number of benzene rings is 2. The van der Waals surface area contributed by atoms with Crippen molar-refractivity contribution in [3.63, 3.8) is 0 Å². The Morgan fingerprint density at radius 1 is 1.21 bits per heavy atom. The quantitative estimate of drug-likeness (QED) is 0.784. The van der Waals surface area contributed by atoms with Crippen molar-refractivity contribution in [3.05, 3.63) is 42.5 Å². The van der Waals surface area contributed by atoms with Gasteiger partial charge in [0.1, 0.15) is 0 Å². The molecule has 4 nitrogen and oxygen atoms in total. The van der Waals surface area contributed by atoms with Crippen LogP contribution in [0.3, 0.4) is 0 Å². The summed E-state index contributed by atoms with van der Waals surface area (Å²) < 4.78 is 23.2. The maximum atomic E-state index is 12.6. The normalized spacial score (nSPS) is 20.8. The lowest BCUT2D eigenvalue weighted by Crippen LogP contribution is -2.41. The average Bonchev–Trinajstić information content (AvgIpc) is 2.93. The molecule has 0 N–H and O–H groups in total. The zero-order valence-electron chi connectivity index (χ0n) is 13.8. The second-order valence-electron chi connectivity index (χ2n) is 6.28. The number of amides is 1. The zero-order chi connectivity index (χ0) is 17.3. The van der Waals surface area contributed by atoms with Crippen molar-refractivity contribution in [2.45, 2.75) is 29.5 Å². The van der Waals surface area contributed by atoms with Crippen molar-refractivity contribution >= 4 is 38.3 Å². The number of hydrogen-bond acceptors (Lipinski definition) is 4. The number of fused-ring (bicyclic) bond motifs is 1. The van der Waals surface area contributed by atoms with Crippen molar-refractivity contribution in [1.82, 2.24) is 4.90 Å². The molecule has 6 heteroatoms. The molecule has 0 radical (unpaired) electrons. The van der Waals surface area contributed by atoms with Crippen LogP contribution in [0.4, 0.5) is 0 Å². The number of carbonyl (C=O) groups excluding carboxylic acids is 1. The van der Waals surface area contributed by atoms with Crippen LogP contribution in [0.1, 0.15) is 13.3 Å². The molecule has 2 atom stereocenters. The van der Waals surface area contributed by atoms with E-state index in [2.05, 4.69) is 24.3 Å². The van der Waals surface area contributed by atoms with Crippen molar-refractivity contribution in [2.24, 2.45) is 0 Å². The zero-order valence-corrected chi connectivity index (χ0v) is 15.4. The van der Waals surface area contributed by atoms with E-state index in [0.29, 0.717) is 6.42 Å². The molecule has 2 aromatic rings. The van der Waals surface area contributed by atoms with Crippen LogP contribution in [0.15, 0.2) is 47.4 Å². The predicted octanol–water partition coefficient (Wildman–Crippen LogP) is 2.97. The minimum absolute atomic E-state index is 0.0183. The third-order valence-electron chi connectivity index (χ3n) is 4.49. The number of rotatable bonds is 4. The van der Waals surface area contributed by atoms with Crippen molar-refractivity contribution in [2.75, 3.05) is 18.6 Å². The summed E-state index contributed by atoms with van der Waals surface area (Å²) in [4.78, 5) is 15.3. The van der Waals surface area contributed by atoms with Crippen molar-refractivity contribution in [3.8, 4) is 0 Å². The van der Waals surface area contributed by atoms with Crippen LogP contribution in [0, 0.1) is 0 Å².